The van der Waals surface area contributed by atoms with E-state index in [2.05, 4.69) is 33.9 Å². The molecule has 29 heavy (non-hydrogen) atoms. The molecule has 0 aromatic heterocycles. The number of hydrogen-bond donors (Lipinski definition) is 0. The Morgan fingerprint density at radius 2 is 1.52 bits per heavy atom. The highest BCUT2D eigenvalue weighted by Crippen LogP contribution is 2.44. The molecule has 2 aliphatic rings. The Kier molecular flexibility index (Phi) is 5.81. The van der Waals surface area contributed by atoms with Crippen molar-refractivity contribution in [1.29, 1.82) is 0 Å². The molecule has 0 saturated carbocycles. The minimum atomic E-state index is -0.264. The van der Waals surface area contributed by atoms with E-state index in [1.807, 2.05) is 24.3 Å². The summed E-state index contributed by atoms with van der Waals surface area (Å²) < 4.78 is 10.4. The second-order valence-electron chi connectivity index (χ2n) is 7.46. The Hall–Kier alpha value is -2.86. The van der Waals surface area contributed by atoms with Crippen LogP contribution in [0.1, 0.15) is 23.5 Å². The van der Waals surface area contributed by atoms with E-state index in [9.17, 15) is 9.59 Å². The number of fused-ring (bicyclic) bond motifs is 3. The number of esters is 1. The second-order valence-corrected chi connectivity index (χ2v) is 7.46. The fraction of sp³-hybridized carbons (Fsp3) is 0.391. The maximum atomic E-state index is 12.6. The van der Waals surface area contributed by atoms with E-state index >= 15 is 0 Å². The molecule has 0 bridgehead atoms. The molecule has 1 fully saturated rings. The van der Waals surface area contributed by atoms with Gasteiger partial charge in [0.15, 0.2) is 0 Å². The Labute approximate surface area is 171 Å². The average Bonchev–Trinajstić information content (AvgIpc) is 3.10. The average molecular weight is 394 g/mol. The van der Waals surface area contributed by atoms with E-state index < -0.39 is 0 Å². The summed E-state index contributed by atoms with van der Waals surface area (Å²) in [5, 5.41) is 0. The van der Waals surface area contributed by atoms with Gasteiger partial charge in [-0.15, -0.1) is 0 Å². The van der Waals surface area contributed by atoms with Crippen LogP contribution < -0.4 is 0 Å². The van der Waals surface area contributed by atoms with Gasteiger partial charge in [-0.1, -0.05) is 48.5 Å². The van der Waals surface area contributed by atoms with Crippen LogP contribution in [0.3, 0.4) is 0 Å². The number of carbonyl (C=O) groups is 2. The van der Waals surface area contributed by atoms with Gasteiger partial charge in [-0.3, -0.25) is 9.69 Å². The van der Waals surface area contributed by atoms with Crippen LogP contribution in [-0.4, -0.2) is 68.3 Å². The zero-order chi connectivity index (χ0) is 20.2. The molecule has 0 atom stereocenters. The van der Waals surface area contributed by atoms with Gasteiger partial charge in [0.25, 0.3) is 0 Å². The maximum Gasteiger partial charge on any atom is 0.409 e. The summed E-state index contributed by atoms with van der Waals surface area (Å²) in [6.45, 7) is 3.69. The number of hydrogen-bond acceptors (Lipinski definition) is 5. The van der Waals surface area contributed by atoms with Crippen LogP contribution in [-0.2, 0) is 14.3 Å². The standard InChI is InChI=1S/C23H26N2O4/c1-28-22(26)10-11-24-12-14-25(15-13-24)23(27)29-16-21-19-8-4-2-6-17(19)18-7-3-5-9-20(18)21/h2-9,21H,10-16H2,1H3. The van der Waals surface area contributed by atoms with E-state index in [0.717, 1.165) is 13.1 Å². The van der Waals surface area contributed by atoms with Crippen molar-refractivity contribution < 1.29 is 19.1 Å². The number of nitrogens with zero attached hydrogens (tertiary/aromatic N) is 2. The lowest BCUT2D eigenvalue weighted by molar-refractivity contribution is -0.141. The van der Waals surface area contributed by atoms with Gasteiger partial charge in [0, 0.05) is 38.6 Å². The summed E-state index contributed by atoms with van der Waals surface area (Å²) in [7, 11) is 1.40. The number of ether oxygens (including phenoxy) is 2. The number of rotatable bonds is 5. The Balaban J connectivity index is 1.32. The molecular weight excluding hydrogens is 368 g/mol. The van der Waals surface area contributed by atoms with E-state index in [1.165, 1.54) is 29.4 Å². The highest BCUT2D eigenvalue weighted by atomic mass is 16.6. The number of amides is 1. The first-order valence-electron chi connectivity index (χ1n) is 10.1. The second kappa shape index (κ2) is 8.66. The smallest absolute Gasteiger partial charge is 0.409 e. The van der Waals surface area contributed by atoms with Crippen molar-refractivity contribution in [2.75, 3.05) is 46.4 Å². The first-order chi connectivity index (χ1) is 14.2. The van der Waals surface area contributed by atoms with Crippen molar-refractivity contribution in [3.05, 3.63) is 59.7 Å². The Bertz CT molecular complexity index is 844. The zero-order valence-corrected chi connectivity index (χ0v) is 16.7. The van der Waals surface area contributed by atoms with E-state index in [-0.39, 0.29) is 18.0 Å². The molecule has 0 spiro atoms. The lowest BCUT2D eigenvalue weighted by atomic mass is 9.98. The Morgan fingerprint density at radius 3 is 2.10 bits per heavy atom. The van der Waals surface area contributed by atoms with Crippen LogP contribution in [0.15, 0.2) is 48.5 Å². The van der Waals surface area contributed by atoms with Crippen LogP contribution in [0.5, 0.6) is 0 Å². The first kappa shape index (κ1) is 19.5. The molecule has 6 heteroatoms. The van der Waals surface area contributed by atoms with Gasteiger partial charge >= 0.3 is 12.1 Å². The molecule has 6 nitrogen and oxygen atoms in total. The van der Waals surface area contributed by atoms with Crippen molar-refractivity contribution in [2.45, 2.75) is 12.3 Å². The van der Waals surface area contributed by atoms with Gasteiger partial charge in [-0.2, -0.15) is 0 Å². The van der Waals surface area contributed by atoms with Crippen molar-refractivity contribution >= 4 is 12.1 Å². The monoisotopic (exact) mass is 394 g/mol. The largest absolute Gasteiger partial charge is 0.469 e. The van der Waals surface area contributed by atoms with Crippen LogP contribution >= 0.6 is 0 Å². The van der Waals surface area contributed by atoms with Crippen molar-refractivity contribution in [2.24, 2.45) is 0 Å². The lowest BCUT2D eigenvalue weighted by Gasteiger charge is -2.34. The molecule has 0 radical (unpaired) electrons. The van der Waals surface area contributed by atoms with Crippen LogP contribution in [0.25, 0.3) is 11.1 Å². The summed E-state index contributed by atoms with van der Waals surface area (Å²) in [6.07, 6.45) is 0.112. The molecule has 0 unspecified atom stereocenters. The van der Waals surface area contributed by atoms with Crippen molar-refractivity contribution in [3.8, 4) is 11.1 Å². The van der Waals surface area contributed by atoms with Gasteiger partial charge in [0.1, 0.15) is 6.61 Å². The van der Waals surface area contributed by atoms with Crippen molar-refractivity contribution in [1.82, 2.24) is 9.80 Å². The van der Waals surface area contributed by atoms with Crippen LogP contribution in [0.2, 0.25) is 0 Å². The maximum absolute atomic E-state index is 12.6. The van der Waals surface area contributed by atoms with Crippen molar-refractivity contribution in [3.63, 3.8) is 0 Å². The SMILES string of the molecule is COC(=O)CCN1CCN(C(=O)OCC2c3ccccc3-c3ccccc32)CC1. The number of methoxy groups -OCH3 is 1. The third kappa shape index (κ3) is 4.12. The van der Waals surface area contributed by atoms with E-state index in [0.29, 0.717) is 32.7 Å². The predicted octanol–water partition coefficient (Wildman–Crippen LogP) is 3.12. The molecule has 1 saturated heterocycles. The predicted molar refractivity (Wildman–Crippen MR) is 110 cm³/mol. The van der Waals surface area contributed by atoms with Gasteiger partial charge in [-0.25, -0.2) is 4.79 Å². The molecule has 2 aromatic carbocycles. The normalized spacial score (nSPS) is 16.2. The molecule has 152 valence electrons. The fourth-order valence-electron chi connectivity index (χ4n) is 4.19. The molecule has 1 amide bonds. The highest BCUT2D eigenvalue weighted by Gasteiger charge is 2.30. The quantitative estimate of drug-likeness (QED) is 0.730. The number of piperazine rings is 1. The molecule has 2 aromatic rings. The van der Waals surface area contributed by atoms with E-state index in [1.54, 1.807) is 4.90 Å². The highest BCUT2D eigenvalue weighted by molar-refractivity contribution is 5.79. The lowest BCUT2D eigenvalue weighted by Crippen LogP contribution is -2.49. The number of benzene rings is 2. The minimum absolute atomic E-state index is 0.0766. The summed E-state index contributed by atoms with van der Waals surface area (Å²) in [5.74, 6) is -0.128. The molecule has 0 N–H and O–H groups in total. The summed E-state index contributed by atoms with van der Waals surface area (Å²) in [4.78, 5) is 27.8. The summed E-state index contributed by atoms with van der Waals surface area (Å²) in [6, 6.07) is 16.7. The van der Waals surface area contributed by atoms with Gasteiger partial charge < -0.3 is 14.4 Å². The van der Waals surface area contributed by atoms with Crippen LogP contribution in [0.4, 0.5) is 4.79 Å². The molecule has 1 aliphatic heterocycles. The molecule has 1 heterocycles. The molecule has 4 rings (SSSR count). The van der Waals surface area contributed by atoms with Gasteiger partial charge in [-0.05, 0) is 22.3 Å². The zero-order valence-electron chi connectivity index (χ0n) is 16.7. The minimum Gasteiger partial charge on any atom is -0.469 e. The first-order valence-corrected chi connectivity index (χ1v) is 10.1. The topological polar surface area (TPSA) is 59.1 Å². The van der Waals surface area contributed by atoms with Crippen LogP contribution in [0, 0.1) is 0 Å². The Morgan fingerprint density at radius 1 is 0.931 bits per heavy atom. The van der Waals surface area contributed by atoms with Gasteiger partial charge in [0.2, 0.25) is 0 Å². The summed E-state index contributed by atoms with van der Waals surface area (Å²) in [5.41, 5.74) is 4.88. The van der Waals surface area contributed by atoms with E-state index in [4.69, 9.17) is 4.74 Å². The van der Waals surface area contributed by atoms with Gasteiger partial charge in [0.05, 0.1) is 13.5 Å². The molecular formula is C23H26N2O4. The summed E-state index contributed by atoms with van der Waals surface area (Å²) >= 11 is 0. The third-order valence-electron chi connectivity index (χ3n) is 5.83. The number of carbonyl (C=O) groups excluding carboxylic acids is 2. The fourth-order valence-corrected chi connectivity index (χ4v) is 4.19. The third-order valence-corrected chi connectivity index (χ3v) is 5.83. The molecule has 1 aliphatic carbocycles.